The van der Waals surface area contributed by atoms with E-state index in [1.807, 2.05) is 0 Å². The summed E-state index contributed by atoms with van der Waals surface area (Å²) >= 11 is 5.67. The third-order valence-corrected chi connectivity index (χ3v) is 4.57. The minimum absolute atomic E-state index is 0.130. The number of methoxy groups -OCH3 is 1. The predicted octanol–water partition coefficient (Wildman–Crippen LogP) is 4.56. The summed E-state index contributed by atoms with van der Waals surface area (Å²) in [4.78, 5) is 0. The fraction of sp³-hybridized carbons (Fsp3) is 0.571. The molecule has 1 aliphatic heterocycles. The van der Waals surface area contributed by atoms with Crippen molar-refractivity contribution in [3.8, 4) is 5.75 Å². The van der Waals surface area contributed by atoms with Crippen LogP contribution < -0.4 is 4.74 Å². The van der Waals surface area contributed by atoms with Crippen molar-refractivity contribution in [1.29, 1.82) is 0 Å². The van der Waals surface area contributed by atoms with Gasteiger partial charge in [0.25, 0.3) is 0 Å². The van der Waals surface area contributed by atoms with Gasteiger partial charge in [-0.2, -0.15) is 13.2 Å². The number of benzene rings is 1. The second kappa shape index (κ2) is 5.32. The zero-order valence-electron chi connectivity index (χ0n) is 11.7. The lowest BCUT2D eigenvalue weighted by molar-refractivity contribution is -0.266. The molecule has 3 atom stereocenters. The molecule has 0 aliphatic carbocycles. The minimum atomic E-state index is -4.50. The highest BCUT2D eigenvalue weighted by atomic mass is 35.5. The molecule has 1 aromatic carbocycles. The van der Waals surface area contributed by atoms with E-state index in [9.17, 15) is 17.6 Å². The van der Waals surface area contributed by atoms with Gasteiger partial charge < -0.3 is 9.47 Å². The van der Waals surface area contributed by atoms with Crippen LogP contribution in [-0.2, 0) is 4.74 Å². The topological polar surface area (TPSA) is 18.5 Å². The molecule has 0 N–H and O–H groups in total. The summed E-state index contributed by atoms with van der Waals surface area (Å²) in [6.07, 6.45) is -4.50. The molecule has 2 unspecified atom stereocenters. The molecule has 0 amide bonds. The van der Waals surface area contributed by atoms with Crippen molar-refractivity contribution in [3.63, 3.8) is 0 Å². The van der Waals surface area contributed by atoms with Crippen LogP contribution in [0.5, 0.6) is 5.75 Å². The monoisotopic (exact) mass is 326 g/mol. The van der Waals surface area contributed by atoms with E-state index in [0.717, 1.165) is 6.92 Å². The van der Waals surface area contributed by atoms with Gasteiger partial charge in [-0.25, -0.2) is 4.39 Å². The van der Waals surface area contributed by atoms with E-state index in [1.165, 1.54) is 26.2 Å². The zero-order valence-corrected chi connectivity index (χ0v) is 12.5. The van der Waals surface area contributed by atoms with Crippen molar-refractivity contribution in [2.24, 2.45) is 5.92 Å². The van der Waals surface area contributed by atoms with Crippen molar-refractivity contribution in [2.75, 3.05) is 13.7 Å². The van der Waals surface area contributed by atoms with Gasteiger partial charge >= 0.3 is 6.18 Å². The van der Waals surface area contributed by atoms with E-state index in [-0.39, 0.29) is 17.4 Å². The van der Waals surface area contributed by atoms with E-state index in [0.29, 0.717) is 5.56 Å². The van der Waals surface area contributed by atoms with E-state index in [1.54, 1.807) is 0 Å². The fourth-order valence-electron chi connectivity index (χ4n) is 2.67. The molecule has 1 fully saturated rings. The number of halogens is 5. The van der Waals surface area contributed by atoms with Crippen LogP contribution in [0.15, 0.2) is 12.1 Å². The zero-order chi connectivity index (χ0) is 16.0. The van der Waals surface area contributed by atoms with E-state index in [2.05, 4.69) is 0 Å². The average Bonchev–Trinajstić information content (AvgIpc) is 2.70. The maximum atomic E-state index is 13.9. The lowest BCUT2D eigenvalue weighted by Gasteiger charge is -2.32. The molecule has 1 heterocycles. The maximum Gasteiger partial charge on any atom is 0.417 e. The summed E-state index contributed by atoms with van der Waals surface area (Å²) in [7, 11) is 1.25. The minimum Gasteiger partial charge on any atom is -0.493 e. The second-order valence-corrected chi connectivity index (χ2v) is 5.70. The average molecular weight is 327 g/mol. The Labute approximate surface area is 125 Å². The van der Waals surface area contributed by atoms with Crippen molar-refractivity contribution in [2.45, 2.75) is 31.5 Å². The Hall–Kier alpha value is -1.01. The number of hydrogen-bond donors (Lipinski definition) is 0. The molecule has 1 saturated heterocycles. The highest BCUT2D eigenvalue weighted by Gasteiger charge is 2.61. The molecule has 2 rings (SSSR count). The lowest BCUT2D eigenvalue weighted by atomic mass is 9.79. The van der Waals surface area contributed by atoms with Gasteiger partial charge in [0.05, 0.1) is 18.7 Å². The highest BCUT2D eigenvalue weighted by molar-refractivity contribution is 6.30. The van der Waals surface area contributed by atoms with Gasteiger partial charge in [-0.1, -0.05) is 24.6 Å². The van der Waals surface area contributed by atoms with Crippen LogP contribution in [0, 0.1) is 11.7 Å². The van der Waals surface area contributed by atoms with E-state index in [4.69, 9.17) is 21.1 Å². The van der Waals surface area contributed by atoms with Gasteiger partial charge in [0.15, 0.2) is 17.2 Å². The van der Waals surface area contributed by atoms with Gasteiger partial charge in [0.1, 0.15) is 0 Å². The summed E-state index contributed by atoms with van der Waals surface area (Å²) in [5.41, 5.74) is -1.93. The smallest absolute Gasteiger partial charge is 0.417 e. The second-order valence-electron chi connectivity index (χ2n) is 5.29. The Morgan fingerprint density at radius 3 is 2.48 bits per heavy atom. The third kappa shape index (κ3) is 2.48. The Bertz CT molecular complexity index is 547. The molecule has 7 heteroatoms. The predicted molar refractivity (Wildman–Crippen MR) is 70.3 cm³/mol. The molecule has 118 valence electrons. The van der Waals surface area contributed by atoms with E-state index >= 15 is 0 Å². The molecule has 0 radical (unpaired) electrons. The maximum absolute atomic E-state index is 13.9. The van der Waals surface area contributed by atoms with Crippen molar-refractivity contribution < 1.29 is 27.0 Å². The van der Waals surface area contributed by atoms with Gasteiger partial charge in [-0.05, 0) is 13.0 Å². The number of rotatable bonds is 2. The largest absolute Gasteiger partial charge is 0.493 e. The first kappa shape index (κ1) is 16.4. The number of ether oxygens (including phenoxy) is 2. The van der Waals surface area contributed by atoms with Crippen molar-refractivity contribution in [1.82, 2.24) is 0 Å². The first-order valence-electron chi connectivity index (χ1n) is 6.36. The van der Waals surface area contributed by atoms with Gasteiger partial charge in [0.2, 0.25) is 0 Å². The Balaban J connectivity index is 2.44. The molecule has 0 saturated carbocycles. The van der Waals surface area contributed by atoms with Crippen LogP contribution >= 0.6 is 11.6 Å². The summed E-state index contributed by atoms with van der Waals surface area (Å²) in [6.45, 7) is 2.29. The SMILES string of the molecule is COc1c(C2CO[C@@](C)(C(F)(F)F)C2C)ccc(Cl)c1F. The highest BCUT2D eigenvalue weighted by Crippen LogP contribution is 2.51. The Kier molecular flexibility index (Phi) is 4.14. The molecule has 0 aromatic heterocycles. The molecule has 21 heavy (non-hydrogen) atoms. The summed E-state index contributed by atoms with van der Waals surface area (Å²) < 4.78 is 63.4. The normalized spacial score (nSPS) is 29.7. The first-order chi connectivity index (χ1) is 9.63. The Morgan fingerprint density at radius 2 is 2.00 bits per heavy atom. The quantitative estimate of drug-likeness (QED) is 0.742. The molecule has 1 aromatic rings. The van der Waals surface area contributed by atoms with E-state index < -0.39 is 29.4 Å². The lowest BCUT2D eigenvalue weighted by Crippen LogP contribution is -2.46. The van der Waals surface area contributed by atoms with Crippen LogP contribution in [-0.4, -0.2) is 25.5 Å². The summed E-state index contributed by atoms with van der Waals surface area (Å²) in [5, 5.41) is -0.138. The van der Waals surface area contributed by atoms with Crippen LogP contribution in [0.4, 0.5) is 17.6 Å². The number of alkyl halides is 3. The first-order valence-corrected chi connectivity index (χ1v) is 6.74. The van der Waals surface area contributed by atoms with Crippen LogP contribution in [0.25, 0.3) is 0 Å². The molecule has 2 nitrogen and oxygen atoms in total. The van der Waals surface area contributed by atoms with Crippen molar-refractivity contribution >= 4 is 11.6 Å². The summed E-state index contributed by atoms with van der Waals surface area (Å²) in [5.74, 6) is -2.41. The summed E-state index contributed by atoms with van der Waals surface area (Å²) in [6, 6.07) is 2.79. The molecular weight excluding hydrogens is 312 g/mol. The van der Waals surface area contributed by atoms with Crippen molar-refractivity contribution in [3.05, 3.63) is 28.5 Å². The van der Waals surface area contributed by atoms with Crippen LogP contribution in [0.3, 0.4) is 0 Å². The fourth-order valence-corrected chi connectivity index (χ4v) is 2.82. The van der Waals surface area contributed by atoms with Crippen LogP contribution in [0.2, 0.25) is 5.02 Å². The van der Waals surface area contributed by atoms with Gasteiger partial charge in [0, 0.05) is 17.4 Å². The Morgan fingerprint density at radius 1 is 1.38 bits per heavy atom. The van der Waals surface area contributed by atoms with Gasteiger partial charge in [-0.15, -0.1) is 0 Å². The number of hydrogen-bond acceptors (Lipinski definition) is 2. The van der Waals surface area contributed by atoms with Crippen LogP contribution in [0.1, 0.15) is 25.3 Å². The molecule has 0 bridgehead atoms. The molecule has 0 spiro atoms. The van der Waals surface area contributed by atoms with Gasteiger partial charge in [-0.3, -0.25) is 0 Å². The third-order valence-electron chi connectivity index (χ3n) is 4.28. The molecular formula is C14H15ClF4O2. The molecule has 1 aliphatic rings. The standard InChI is InChI=1S/C14H15ClF4O2/c1-7-9(6-21-13(7,2)14(17,18)19)8-4-5-10(15)11(16)12(8)20-3/h4-5,7,9H,6H2,1-3H3/t7?,9?,13-/m1/s1.